The van der Waals surface area contributed by atoms with E-state index in [1.54, 1.807) is 7.11 Å². The van der Waals surface area contributed by atoms with Crippen molar-refractivity contribution in [3.8, 4) is 0 Å². The quantitative estimate of drug-likeness (QED) is 0.0599. The Kier molecular flexibility index (Phi) is 15.7. The van der Waals surface area contributed by atoms with Crippen molar-refractivity contribution >= 4 is 41.0 Å². The summed E-state index contributed by atoms with van der Waals surface area (Å²) in [5.41, 5.74) is 0.241. The Morgan fingerprint density at radius 2 is 1.62 bits per heavy atom. The van der Waals surface area contributed by atoms with Gasteiger partial charge in [0.05, 0.1) is 13.0 Å². The van der Waals surface area contributed by atoms with Crippen molar-refractivity contribution in [1.82, 2.24) is 10.6 Å². The van der Waals surface area contributed by atoms with Gasteiger partial charge in [-0.25, -0.2) is 14.4 Å². The van der Waals surface area contributed by atoms with E-state index in [1.807, 2.05) is 26.2 Å². The molecule has 0 aromatic rings. The van der Waals surface area contributed by atoms with Gasteiger partial charge in [-0.15, -0.1) is 0 Å². The minimum absolute atomic E-state index is 0.0163. The highest BCUT2D eigenvalue weighted by atomic mass is 28.4. The van der Waals surface area contributed by atoms with Crippen LogP contribution in [0.4, 0.5) is 9.59 Å². The van der Waals surface area contributed by atoms with Gasteiger partial charge in [0.15, 0.2) is 6.79 Å². The monoisotopic (exact) mass is 634 g/mol. The van der Waals surface area contributed by atoms with Gasteiger partial charge in [-0.1, -0.05) is 20.4 Å². The fourth-order valence-corrected chi connectivity index (χ4v) is 11.3. The molecule has 15 heteroatoms. The first kappa shape index (κ1) is 37.6. The average molecular weight is 635 g/mol. The minimum Gasteiger partial charge on any atom is -0.466 e. The summed E-state index contributed by atoms with van der Waals surface area (Å²) in [4.78, 5) is 47.8. The van der Waals surface area contributed by atoms with Crippen molar-refractivity contribution in [3.63, 3.8) is 0 Å². The Hall–Kier alpha value is -2.47. The maximum atomic E-state index is 12.3. The largest absolute Gasteiger partial charge is 0.466 e. The number of carbonyl (C=O) groups is 4. The molecular weight excluding hydrogens is 584 g/mol. The van der Waals surface area contributed by atoms with Crippen LogP contribution in [0.25, 0.3) is 0 Å². The summed E-state index contributed by atoms with van der Waals surface area (Å²) in [6, 6.07) is -0.0650. The fourth-order valence-electron chi connectivity index (χ4n) is 4.70. The number of methoxy groups -OCH3 is 1. The Morgan fingerprint density at radius 1 is 0.929 bits per heavy atom. The molecule has 2 unspecified atom stereocenters. The van der Waals surface area contributed by atoms with Crippen LogP contribution in [0.3, 0.4) is 0 Å². The van der Waals surface area contributed by atoms with E-state index in [1.165, 1.54) is 6.92 Å². The fraction of sp³-hybridized carbons (Fsp3) is 0.778. The second-order valence-electron chi connectivity index (χ2n) is 12.3. The summed E-state index contributed by atoms with van der Waals surface area (Å²) in [6.45, 7) is 17.2. The van der Waals surface area contributed by atoms with Gasteiger partial charge in [-0.3, -0.25) is 4.79 Å². The molecule has 0 heterocycles. The van der Waals surface area contributed by atoms with Gasteiger partial charge < -0.3 is 42.9 Å². The average Bonchev–Trinajstić information content (AvgIpc) is 2.84. The van der Waals surface area contributed by atoms with E-state index in [0.29, 0.717) is 19.6 Å². The molecule has 0 aromatic heterocycles. The molecule has 2 atom stereocenters. The zero-order valence-electron chi connectivity index (χ0n) is 26.4. The predicted octanol–water partition coefficient (Wildman–Crippen LogP) is 3.77. The normalized spacial score (nSPS) is 18.4. The molecule has 0 aliphatic heterocycles. The van der Waals surface area contributed by atoms with Crippen LogP contribution in [0.2, 0.25) is 26.2 Å². The summed E-state index contributed by atoms with van der Waals surface area (Å²) < 4.78 is 37.4. The lowest BCUT2D eigenvalue weighted by atomic mass is 9.70. The van der Waals surface area contributed by atoms with Crippen LogP contribution in [0, 0.1) is 11.3 Å². The van der Waals surface area contributed by atoms with Gasteiger partial charge in [0.2, 0.25) is 8.32 Å². The zero-order chi connectivity index (χ0) is 32.0. The van der Waals surface area contributed by atoms with Crippen molar-refractivity contribution < 1.29 is 51.4 Å². The second kappa shape index (κ2) is 17.6. The molecule has 0 bridgehead atoms. The molecule has 1 rings (SSSR count). The number of amides is 2. The predicted molar refractivity (Wildman–Crippen MR) is 159 cm³/mol. The van der Waals surface area contributed by atoms with Gasteiger partial charge in [0, 0.05) is 25.3 Å². The third-order valence-corrected chi connectivity index (χ3v) is 12.1. The van der Waals surface area contributed by atoms with E-state index in [9.17, 15) is 19.2 Å². The van der Waals surface area contributed by atoms with Gasteiger partial charge in [-0.2, -0.15) is 0 Å². The molecule has 13 nitrogen and oxygen atoms in total. The Bertz CT molecular complexity index is 928. The number of carbonyl (C=O) groups excluding carboxylic acids is 4. The molecule has 0 radical (unpaired) electrons. The minimum atomic E-state index is -2.72. The molecule has 2 amide bonds. The molecule has 1 fully saturated rings. The SMILES string of the molecule is C=C(C)C(=O)OCCC(=O)OC[Si](C)(C)O[Si](C)(C)OCOC(=O)NCC1CC(NC(=O)OCCOC)CC(C)(C)C1. The number of ether oxygens (including phenoxy) is 5. The first-order valence-electron chi connectivity index (χ1n) is 14.1. The Morgan fingerprint density at radius 3 is 2.26 bits per heavy atom. The molecule has 42 heavy (non-hydrogen) atoms. The van der Waals surface area contributed by atoms with Gasteiger partial charge >= 0.3 is 32.7 Å². The van der Waals surface area contributed by atoms with E-state index in [0.717, 1.165) is 12.8 Å². The number of hydrogen-bond donors (Lipinski definition) is 2. The summed E-state index contributed by atoms with van der Waals surface area (Å²) in [7, 11) is -3.64. The molecule has 1 aliphatic rings. The van der Waals surface area contributed by atoms with Gasteiger partial charge in [0.1, 0.15) is 19.4 Å². The van der Waals surface area contributed by atoms with Crippen LogP contribution in [-0.4, -0.2) is 93.5 Å². The lowest BCUT2D eigenvalue weighted by molar-refractivity contribution is -0.146. The van der Waals surface area contributed by atoms with E-state index in [4.69, 9.17) is 32.2 Å². The van der Waals surface area contributed by atoms with Crippen LogP contribution in [-0.2, 0) is 41.8 Å². The third-order valence-electron chi connectivity index (χ3n) is 6.22. The first-order chi connectivity index (χ1) is 19.4. The molecule has 242 valence electrons. The van der Waals surface area contributed by atoms with Gasteiger partial charge in [-0.05, 0) is 63.7 Å². The van der Waals surface area contributed by atoms with Crippen LogP contribution in [0.5, 0.6) is 0 Å². The van der Waals surface area contributed by atoms with Crippen molar-refractivity contribution in [2.75, 3.05) is 46.5 Å². The molecular formula is C27H50N2O11Si2. The van der Waals surface area contributed by atoms with E-state index in [2.05, 4.69) is 31.1 Å². The van der Waals surface area contributed by atoms with Crippen LogP contribution < -0.4 is 10.6 Å². The van der Waals surface area contributed by atoms with Crippen molar-refractivity contribution in [1.29, 1.82) is 0 Å². The number of alkyl carbamates (subject to hydrolysis) is 2. The van der Waals surface area contributed by atoms with E-state index >= 15 is 0 Å². The van der Waals surface area contributed by atoms with Crippen molar-refractivity contribution in [3.05, 3.63) is 12.2 Å². The number of hydrogen-bond acceptors (Lipinski definition) is 11. The Labute approximate surface area is 251 Å². The lowest BCUT2D eigenvalue weighted by Gasteiger charge is -2.40. The second-order valence-corrected chi connectivity index (χ2v) is 20.0. The Balaban J connectivity index is 2.38. The molecule has 1 aliphatic carbocycles. The number of rotatable bonds is 17. The maximum Gasteiger partial charge on any atom is 0.409 e. The van der Waals surface area contributed by atoms with Crippen molar-refractivity contribution in [2.24, 2.45) is 11.3 Å². The first-order valence-corrected chi connectivity index (χ1v) is 20.0. The molecule has 1 saturated carbocycles. The summed E-state index contributed by atoms with van der Waals surface area (Å²) in [5, 5.41) is 5.71. The summed E-state index contributed by atoms with van der Waals surface area (Å²) >= 11 is 0. The van der Waals surface area contributed by atoms with Crippen LogP contribution in [0.15, 0.2) is 12.2 Å². The topological polar surface area (TPSA) is 157 Å². The zero-order valence-corrected chi connectivity index (χ0v) is 28.4. The molecule has 2 N–H and O–H groups in total. The number of esters is 2. The van der Waals surface area contributed by atoms with Crippen LogP contribution >= 0.6 is 0 Å². The molecule has 0 saturated heterocycles. The highest BCUT2D eigenvalue weighted by Crippen LogP contribution is 2.38. The van der Waals surface area contributed by atoms with Gasteiger partial charge in [0.25, 0.3) is 0 Å². The smallest absolute Gasteiger partial charge is 0.409 e. The highest BCUT2D eigenvalue weighted by Gasteiger charge is 2.37. The lowest BCUT2D eigenvalue weighted by Crippen LogP contribution is -2.50. The van der Waals surface area contributed by atoms with E-state index < -0.39 is 41.0 Å². The number of nitrogens with one attached hydrogen (secondary N) is 2. The van der Waals surface area contributed by atoms with E-state index in [-0.39, 0.29) is 55.6 Å². The molecule has 0 spiro atoms. The summed E-state index contributed by atoms with van der Waals surface area (Å²) in [6.07, 6.45) is 1.35. The third kappa shape index (κ3) is 16.8. The summed E-state index contributed by atoms with van der Waals surface area (Å²) in [5.74, 6) is -0.911. The standard InChI is InChI=1S/C27H50N2O11Si2/c1-20(2)24(31)35-11-10-23(30)38-19-41(6,7)40-42(8,9)39-18-37-25(32)28-17-21-14-22(16-27(3,4)15-21)29-26(33)36-13-12-34-5/h21-22H,1,10-19H2,2-9H3,(H,28,32)(H,29,33). The maximum absolute atomic E-state index is 12.3. The molecule has 0 aromatic carbocycles. The van der Waals surface area contributed by atoms with Crippen LogP contribution in [0.1, 0.15) is 46.5 Å². The highest BCUT2D eigenvalue weighted by molar-refractivity contribution is 6.82. The van der Waals surface area contributed by atoms with Crippen molar-refractivity contribution in [2.45, 2.75) is 78.7 Å².